The lowest BCUT2D eigenvalue weighted by Crippen LogP contribution is -2.34. The summed E-state index contributed by atoms with van der Waals surface area (Å²) in [5.74, 6) is 0. The van der Waals surface area contributed by atoms with E-state index < -0.39 is 0 Å². The fraction of sp³-hybridized carbons (Fsp3) is 0.458. The molecule has 3 heterocycles. The molecular weight excluding hydrogens is 390 g/mol. The lowest BCUT2D eigenvalue weighted by Gasteiger charge is -2.40. The van der Waals surface area contributed by atoms with Gasteiger partial charge in [-0.1, -0.05) is 32.9 Å². The average molecular weight is 420 g/mol. The summed E-state index contributed by atoms with van der Waals surface area (Å²) in [7, 11) is 0. The second-order valence-corrected chi connectivity index (χ2v) is 10.5. The van der Waals surface area contributed by atoms with E-state index in [1.165, 1.54) is 25.3 Å². The van der Waals surface area contributed by atoms with Crippen LogP contribution in [0.2, 0.25) is 0 Å². The molecule has 2 fully saturated rings. The van der Waals surface area contributed by atoms with Gasteiger partial charge in [0.2, 0.25) is 0 Å². The van der Waals surface area contributed by atoms with Crippen molar-refractivity contribution >= 4 is 17.0 Å². The van der Waals surface area contributed by atoms with Crippen LogP contribution in [0.5, 0.6) is 0 Å². The molecule has 2 aliphatic rings. The molecule has 2 aromatic heterocycles. The molecule has 1 aliphatic carbocycles. The van der Waals surface area contributed by atoms with Crippen molar-refractivity contribution in [1.82, 2.24) is 14.3 Å². The number of nitrogen functional groups attached to an aromatic ring is 1. The van der Waals surface area contributed by atoms with Crippen LogP contribution < -0.4 is 5.73 Å². The Labute approximate surface area is 182 Å². The zero-order valence-electron chi connectivity index (χ0n) is 18.3. The average Bonchev–Trinajstić information content (AvgIpc) is 3.15. The summed E-state index contributed by atoms with van der Waals surface area (Å²) in [5.41, 5.74) is 10.9. The first-order chi connectivity index (χ1) is 14.6. The molecule has 162 valence electrons. The van der Waals surface area contributed by atoms with Gasteiger partial charge in [0.1, 0.15) is 5.65 Å². The first kappa shape index (κ1) is 20.0. The zero-order valence-corrected chi connectivity index (χ0v) is 18.3. The van der Waals surface area contributed by atoms with Crippen LogP contribution in [0.25, 0.3) is 16.9 Å². The molecule has 2 N–H and O–H groups in total. The number of rotatable bonds is 4. The molecule has 3 aromatic rings. The van der Waals surface area contributed by atoms with Crippen molar-refractivity contribution in [2.45, 2.75) is 52.6 Å². The predicted octanol–water partition coefficient (Wildman–Crippen LogP) is 4.89. The summed E-state index contributed by atoms with van der Waals surface area (Å²) in [6.45, 7) is 8.98. The Morgan fingerprint density at radius 3 is 2.81 bits per heavy atom. The minimum absolute atomic E-state index is 0.0753. The van der Waals surface area contributed by atoms with Gasteiger partial charge < -0.3 is 10.1 Å². The SMILES string of the molecule is CC1(C)CC2CC(C)(CN2Cc2c(-c3cccc([N+](=O)[O-])c3)nc3ccc(N)cn23)C1. The van der Waals surface area contributed by atoms with Crippen LogP contribution in [-0.4, -0.2) is 31.8 Å². The monoisotopic (exact) mass is 419 g/mol. The number of nitro benzene ring substituents is 1. The van der Waals surface area contributed by atoms with E-state index in [1.807, 2.05) is 24.4 Å². The summed E-state index contributed by atoms with van der Waals surface area (Å²) in [6, 6.07) is 11.0. The topological polar surface area (TPSA) is 89.7 Å². The second kappa shape index (κ2) is 6.79. The van der Waals surface area contributed by atoms with E-state index in [0.29, 0.717) is 22.6 Å². The Hall–Kier alpha value is -2.93. The van der Waals surface area contributed by atoms with E-state index in [9.17, 15) is 10.1 Å². The van der Waals surface area contributed by atoms with Gasteiger partial charge in [0.05, 0.1) is 16.3 Å². The smallest absolute Gasteiger partial charge is 0.270 e. The molecule has 2 atom stereocenters. The highest BCUT2D eigenvalue weighted by molar-refractivity contribution is 5.69. The number of pyridine rings is 1. The number of nitrogens with zero attached hydrogens (tertiary/aromatic N) is 4. The van der Waals surface area contributed by atoms with Crippen LogP contribution >= 0.6 is 0 Å². The maximum Gasteiger partial charge on any atom is 0.270 e. The molecule has 2 unspecified atom stereocenters. The molecular formula is C24H29N5O2. The van der Waals surface area contributed by atoms with E-state index in [4.69, 9.17) is 10.7 Å². The second-order valence-electron chi connectivity index (χ2n) is 10.5. The van der Waals surface area contributed by atoms with Crippen LogP contribution in [0, 0.1) is 20.9 Å². The van der Waals surface area contributed by atoms with Crippen LogP contribution in [-0.2, 0) is 6.54 Å². The number of likely N-dealkylation sites (tertiary alicyclic amines) is 1. The van der Waals surface area contributed by atoms with Crippen molar-refractivity contribution in [2.24, 2.45) is 10.8 Å². The van der Waals surface area contributed by atoms with Gasteiger partial charge in [-0.2, -0.15) is 0 Å². The van der Waals surface area contributed by atoms with Crippen LogP contribution in [0.4, 0.5) is 11.4 Å². The maximum atomic E-state index is 11.3. The highest BCUT2D eigenvalue weighted by Gasteiger charge is 2.49. The van der Waals surface area contributed by atoms with Gasteiger partial charge in [-0.3, -0.25) is 15.0 Å². The molecule has 1 saturated carbocycles. The fourth-order valence-electron chi connectivity index (χ4n) is 6.21. The third-order valence-corrected chi connectivity index (χ3v) is 6.95. The van der Waals surface area contributed by atoms with Crippen molar-refractivity contribution in [3.63, 3.8) is 0 Å². The lowest BCUT2D eigenvalue weighted by molar-refractivity contribution is -0.384. The lowest BCUT2D eigenvalue weighted by atomic mass is 9.65. The maximum absolute atomic E-state index is 11.3. The van der Waals surface area contributed by atoms with Gasteiger partial charge in [-0.25, -0.2) is 4.98 Å². The van der Waals surface area contributed by atoms with Gasteiger partial charge in [0.25, 0.3) is 5.69 Å². The van der Waals surface area contributed by atoms with Crippen molar-refractivity contribution in [3.05, 3.63) is 58.4 Å². The molecule has 7 nitrogen and oxygen atoms in total. The molecule has 1 saturated heterocycles. The van der Waals surface area contributed by atoms with Gasteiger partial charge in [0.15, 0.2) is 0 Å². The Morgan fingerprint density at radius 2 is 2.03 bits per heavy atom. The standard InChI is InChI=1S/C24H29N5O2/c1-23(2)10-19-11-24(3,14-23)15-27(19)13-20-22(16-5-4-6-18(9-16)29(30)31)26-21-8-7-17(25)12-28(20)21/h4-9,12,19H,10-11,13-15,25H2,1-3H3. The number of aromatic nitrogens is 2. The predicted molar refractivity (Wildman–Crippen MR) is 122 cm³/mol. The fourth-order valence-corrected chi connectivity index (χ4v) is 6.21. The number of imidazole rings is 1. The number of hydrogen-bond acceptors (Lipinski definition) is 5. The number of hydrogen-bond donors (Lipinski definition) is 1. The minimum Gasteiger partial charge on any atom is -0.398 e. The number of benzene rings is 1. The summed E-state index contributed by atoms with van der Waals surface area (Å²) in [6.07, 6.45) is 5.56. The first-order valence-electron chi connectivity index (χ1n) is 10.9. The molecule has 2 bridgehead atoms. The summed E-state index contributed by atoms with van der Waals surface area (Å²) < 4.78 is 2.05. The van der Waals surface area contributed by atoms with Gasteiger partial charge in [-0.15, -0.1) is 0 Å². The highest BCUT2D eigenvalue weighted by Crippen LogP contribution is 2.53. The van der Waals surface area contributed by atoms with Crippen molar-refractivity contribution < 1.29 is 4.92 Å². The van der Waals surface area contributed by atoms with Crippen LogP contribution in [0.15, 0.2) is 42.6 Å². The van der Waals surface area contributed by atoms with E-state index in [1.54, 1.807) is 12.1 Å². The number of anilines is 1. The molecule has 0 radical (unpaired) electrons. The quantitative estimate of drug-likeness (QED) is 0.480. The van der Waals surface area contributed by atoms with Gasteiger partial charge in [0, 0.05) is 48.7 Å². The number of non-ortho nitro benzene ring substituents is 1. The van der Waals surface area contributed by atoms with E-state index in [2.05, 4.69) is 30.1 Å². The number of nitro groups is 1. The molecule has 31 heavy (non-hydrogen) atoms. The highest BCUT2D eigenvalue weighted by atomic mass is 16.6. The summed E-state index contributed by atoms with van der Waals surface area (Å²) in [5, 5.41) is 11.3. The van der Waals surface area contributed by atoms with Crippen molar-refractivity contribution in [1.29, 1.82) is 0 Å². The Bertz CT molecular complexity index is 1180. The zero-order chi connectivity index (χ0) is 22.0. The normalized spacial score (nSPS) is 25.2. The minimum atomic E-state index is -0.358. The summed E-state index contributed by atoms with van der Waals surface area (Å²) in [4.78, 5) is 18.4. The molecule has 1 aliphatic heterocycles. The Morgan fingerprint density at radius 1 is 1.23 bits per heavy atom. The first-order valence-corrected chi connectivity index (χ1v) is 10.9. The van der Waals surface area contributed by atoms with Crippen molar-refractivity contribution in [3.8, 4) is 11.3 Å². The van der Waals surface area contributed by atoms with Crippen molar-refractivity contribution in [2.75, 3.05) is 12.3 Å². The van der Waals surface area contributed by atoms with E-state index >= 15 is 0 Å². The largest absolute Gasteiger partial charge is 0.398 e. The van der Waals surface area contributed by atoms with Gasteiger partial charge in [-0.05, 0) is 42.2 Å². The van der Waals surface area contributed by atoms with Gasteiger partial charge >= 0.3 is 0 Å². The third kappa shape index (κ3) is 3.57. The third-order valence-electron chi connectivity index (χ3n) is 6.95. The molecule has 7 heteroatoms. The molecule has 5 rings (SSSR count). The number of fused-ring (bicyclic) bond motifs is 3. The molecule has 0 amide bonds. The molecule has 1 aromatic carbocycles. The molecule has 0 spiro atoms. The van der Waals surface area contributed by atoms with Crippen LogP contribution in [0.1, 0.15) is 45.7 Å². The summed E-state index contributed by atoms with van der Waals surface area (Å²) >= 11 is 0. The Kier molecular flexibility index (Phi) is 4.38. The van der Waals surface area contributed by atoms with E-state index in [-0.39, 0.29) is 10.6 Å². The number of nitrogens with two attached hydrogens (primary N) is 1. The Balaban J connectivity index is 1.60. The van der Waals surface area contributed by atoms with Crippen LogP contribution in [0.3, 0.4) is 0 Å². The van der Waals surface area contributed by atoms with E-state index in [0.717, 1.165) is 35.7 Å².